The van der Waals surface area contributed by atoms with Crippen molar-refractivity contribution >= 4 is 5.78 Å². The third kappa shape index (κ3) is 0.914. The van der Waals surface area contributed by atoms with E-state index < -0.39 is 0 Å². The Hall–Kier alpha value is -0.990. The molecule has 2 aliphatic rings. The molecule has 0 amide bonds. The standard InChI is InChI=1S/C8H12N2O/c1-10-5-3-6-7(11)2-4-9-8(6)10/h9H,2-5H2,1H3. The molecule has 0 bridgehead atoms. The number of hydrogen-bond acceptors (Lipinski definition) is 3. The van der Waals surface area contributed by atoms with Crippen molar-refractivity contribution in [1.82, 2.24) is 10.2 Å². The van der Waals surface area contributed by atoms with Crippen LogP contribution in [0.4, 0.5) is 0 Å². The Morgan fingerprint density at radius 1 is 1.45 bits per heavy atom. The molecule has 0 spiro atoms. The molecule has 0 radical (unpaired) electrons. The molecule has 0 aromatic carbocycles. The van der Waals surface area contributed by atoms with Crippen molar-refractivity contribution in [2.75, 3.05) is 20.1 Å². The molecule has 0 saturated heterocycles. The number of carbonyl (C=O) groups excluding carboxylic acids is 1. The van der Waals surface area contributed by atoms with Gasteiger partial charge < -0.3 is 10.2 Å². The summed E-state index contributed by atoms with van der Waals surface area (Å²) >= 11 is 0. The highest BCUT2D eigenvalue weighted by molar-refractivity contribution is 5.97. The summed E-state index contributed by atoms with van der Waals surface area (Å²) in [4.78, 5) is 13.4. The molecule has 3 nitrogen and oxygen atoms in total. The van der Waals surface area contributed by atoms with Crippen LogP contribution in [-0.4, -0.2) is 30.8 Å². The van der Waals surface area contributed by atoms with Crippen molar-refractivity contribution in [2.24, 2.45) is 0 Å². The Morgan fingerprint density at radius 3 is 3.00 bits per heavy atom. The molecular weight excluding hydrogens is 140 g/mol. The van der Waals surface area contributed by atoms with Crippen LogP contribution in [-0.2, 0) is 4.79 Å². The Kier molecular flexibility index (Phi) is 1.37. The lowest BCUT2D eigenvalue weighted by molar-refractivity contribution is -0.116. The number of ketones is 1. The molecule has 0 atom stereocenters. The zero-order chi connectivity index (χ0) is 7.84. The third-order valence-electron chi connectivity index (χ3n) is 2.35. The SMILES string of the molecule is CN1CCC2=C1NCCC2=O. The largest absolute Gasteiger partial charge is 0.371 e. The van der Waals surface area contributed by atoms with Crippen LogP contribution < -0.4 is 5.32 Å². The first kappa shape index (κ1) is 6.70. The van der Waals surface area contributed by atoms with E-state index in [9.17, 15) is 4.79 Å². The summed E-state index contributed by atoms with van der Waals surface area (Å²) in [7, 11) is 2.02. The highest BCUT2D eigenvalue weighted by atomic mass is 16.1. The topological polar surface area (TPSA) is 32.3 Å². The summed E-state index contributed by atoms with van der Waals surface area (Å²) < 4.78 is 0. The predicted molar refractivity (Wildman–Crippen MR) is 41.9 cm³/mol. The van der Waals surface area contributed by atoms with E-state index in [0.717, 1.165) is 30.9 Å². The zero-order valence-corrected chi connectivity index (χ0v) is 6.68. The third-order valence-corrected chi connectivity index (χ3v) is 2.35. The highest BCUT2D eigenvalue weighted by Crippen LogP contribution is 2.23. The van der Waals surface area contributed by atoms with E-state index in [-0.39, 0.29) is 0 Å². The molecule has 0 unspecified atom stereocenters. The molecule has 2 rings (SSSR count). The van der Waals surface area contributed by atoms with Gasteiger partial charge in [0.2, 0.25) is 0 Å². The molecule has 0 aliphatic carbocycles. The normalized spacial score (nSPS) is 23.7. The molecule has 3 heteroatoms. The number of carbonyl (C=O) groups is 1. The van der Waals surface area contributed by atoms with E-state index in [4.69, 9.17) is 0 Å². The highest BCUT2D eigenvalue weighted by Gasteiger charge is 2.27. The van der Waals surface area contributed by atoms with Gasteiger partial charge in [0.05, 0.1) is 0 Å². The van der Waals surface area contributed by atoms with Crippen molar-refractivity contribution in [3.63, 3.8) is 0 Å². The van der Waals surface area contributed by atoms with Gasteiger partial charge in [0.15, 0.2) is 5.78 Å². The second kappa shape index (κ2) is 2.26. The maximum Gasteiger partial charge on any atom is 0.164 e. The number of nitrogens with zero attached hydrogens (tertiary/aromatic N) is 1. The lowest BCUT2D eigenvalue weighted by Gasteiger charge is -2.21. The molecule has 11 heavy (non-hydrogen) atoms. The van der Waals surface area contributed by atoms with Gasteiger partial charge in [0, 0.05) is 32.1 Å². The van der Waals surface area contributed by atoms with Gasteiger partial charge in [-0.15, -0.1) is 0 Å². The summed E-state index contributed by atoms with van der Waals surface area (Å²) in [6.45, 7) is 1.80. The van der Waals surface area contributed by atoms with Crippen LogP contribution in [0.1, 0.15) is 12.8 Å². The van der Waals surface area contributed by atoms with Gasteiger partial charge in [-0.2, -0.15) is 0 Å². The first-order chi connectivity index (χ1) is 5.29. The lowest BCUT2D eigenvalue weighted by Crippen LogP contribution is -2.31. The van der Waals surface area contributed by atoms with E-state index in [2.05, 4.69) is 10.2 Å². The minimum Gasteiger partial charge on any atom is -0.371 e. The molecule has 1 N–H and O–H groups in total. The number of Topliss-reactive ketones (excluding diaryl/α,β-unsaturated/α-hetero) is 1. The first-order valence-electron chi connectivity index (χ1n) is 4.00. The van der Waals surface area contributed by atoms with Crippen molar-refractivity contribution < 1.29 is 4.79 Å². The molecule has 2 aliphatic heterocycles. The molecule has 0 aromatic heterocycles. The quantitative estimate of drug-likeness (QED) is 0.534. The van der Waals surface area contributed by atoms with Gasteiger partial charge in [0.1, 0.15) is 5.82 Å². The molecule has 0 saturated carbocycles. The minimum atomic E-state index is 0.336. The molecular formula is C8H12N2O. The van der Waals surface area contributed by atoms with E-state index in [1.807, 2.05) is 7.05 Å². The van der Waals surface area contributed by atoms with Gasteiger partial charge in [0.25, 0.3) is 0 Å². The maximum atomic E-state index is 11.3. The van der Waals surface area contributed by atoms with Crippen molar-refractivity contribution in [1.29, 1.82) is 0 Å². The minimum absolute atomic E-state index is 0.336. The van der Waals surface area contributed by atoms with Crippen LogP contribution in [0.3, 0.4) is 0 Å². The fourth-order valence-electron chi connectivity index (χ4n) is 1.70. The average Bonchev–Trinajstić information content (AvgIpc) is 2.35. The summed E-state index contributed by atoms with van der Waals surface area (Å²) in [5, 5.41) is 3.25. The first-order valence-corrected chi connectivity index (χ1v) is 4.00. The molecule has 2 heterocycles. The Bertz CT molecular complexity index is 232. The summed E-state index contributed by atoms with van der Waals surface area (Å²) in [6.07, 6.45) is 1.60. The zero-order valence-electron chi connectivity index (χ0n) is 6.68. The summed E-state index contributed by atoms with van der Waals surface area (Å²) in [5.74, 6) is 1.41. The van der Waals surface area contributed by atoms with Gasteiger partial charge in [-0.1, -0.05) is 0 Å². The van der Waals surface area contributed by atoms with Crippen molar-refractivity contribution in [3.05, 3.63) is 11.4 Å². The fourth-order valence-corrected chi connectivity index (χ4v) is 1.70. The Labute approximate surface area is 66.1 Å². The van der Waals surface area contributed by atoms with E-state index in [1.54, 1.807) is 0 Å². The van der Waals surface area contributed by atoms with Gasteiger partial charge >= 0.3 is 0 Å². The van der Waals surface area contributed by atoms with Crippen LogP contribution in [0.25, 0.3) is 0 Å². The predicted octanol–water partition coefficient (Wildman–Crippen LogP) is 0.0959. The molecule has 0 aromatic rings. The van der Waals surface area contributed by atoms with Gasteiger partial charge in [-0.3, -0.25) is 4.79 Å². The summed E-state index contributed by atoms with van der Waals surface area (Å²) in [5.41, 5.74) is 1.01. The van der Waals surface area contributed by atoms with Crippen molar-refractivity contribution in [2.45, 2.75) is 12.8 Å². The van der Waals surface area contributed by atoms with Crippen LogP contribution >= 0.6 is 0 Å². The van der Waals surface area contributed by atoms with E-state index in [1.165, 1.54) is 0 Å². The van der Waals surface area contributed by atoms with Crippen LogP contribution in [0.15, 0.2) is 11.4 Å². The van der Waals surface area contributed by atoms with Crippen LogP contribution in [0, 0.1) is 0 Å². The fraction of sp³-hybridized carbons (Fsp3) is 0.625. The molecule has 60 valence electrons. The number of nitrogens with one attached hydrogen (secondary N) is 1. The number of rotatable bonds is 0. The average molecular weight is 152 g/mol. The Balaban J connectivity index is 2.33. The molecule has 0 fully saturated rings. The van der Waals surface area contributed by atoms with Gasteiger partial charge in [-0.05, 0) is 6.42 Å². The van der Waals surface area contributed by atoms with Crippen LogP contribution in [0.5, 0.6) is 0 Å². The van der Waals surface area contributed by atoms with Gasteiger partial charge in [-0.25, -0.2) is 0 Å². The maximum absolute atomic E-state index is 11.3. The van der Waals surface area contributed by atoms with Crippen LogP contribution in [0.2, 0.25) is 0 Å². The smallest absolute Gasteiger partial charge is 0.164 e. The summed E-state index contributed by atoms with van der Waals surface area (Å²) in [6, 6.07) is 0. The lowest BCUT2D eigenvalue weighted by atomic mass is 10.1. The van der Waals surface area contributed by atoms with E-state index >= 15 is 0 Å². The second-order valence-corrected chi connectivity index (χ2v) is 3.10. The van der Waals surface area contributed by atoms with E-state index in [0.29, 0.717) is 12.2 Å². The number of hydrogen-bond donors (Lipinski definition) is 1. The second-order valence-electron chi connectivity index (χ2n) is 3.10. The monoisotopic (exact) mass is 152 g/mol. The van der Waals surface area contributed by atoms with Crippen molar-refractivity contribution in [3.8, 4) is 0 Å². The Morgan fingerprint density at radius 2 is 2.27 bits per heavy atom.